The third kappa shape index (κ3) is 3.84. The molecule has 142 valence electrons. The molecule has 2 aromatic rings. The van der Waals surface area contributed by atoms with Gasteiger partial charge >= 0.3 is 0 Å². The summed E-state index contributed by atoms with van der Waals surface area (Å²) in [6.07, 6.45) is 7.48. The monoisotopic (exact) mass is 381 g/mol. The van der Waals surface area contributed by atoms with E-state index in [2.05, 4.69) is 48.6 Å². The largest absolute Gasteiger partial charge is 0.378 e. The van der Waals surface area contributed by atoms with E-state index in [0.717, 1.165) is 17.0 Å². The van der Waals surface area contributed by atoms with E-state index in [1.54, 1.807) is 0 Å². The first-order chi connectivity index (χ1) is 13.1. The smallest absolute Gasteiger partial charge is 0.108 e. The summed E-state index contributed by atoms with van der Waals surface area (Å²) in [5, 5.41) is 4.50. The minimum absolute atomic E-state index is 0.170. The maximum absolute atomic E-state index is 6.15. The Morgan fingerprint density at radius 2 is 1.89 bits per heavy atom. The van der Waals surface area contributed by atoms with Crippen LogP contribution < -0.4 is 10.2 Å². The maximum Gasteiger partial charge on any atom is 0.108 e. The summed E-state index contributed by atoms with van der Waals surface area (Å²) in [4.78, 5) is 7.23. The van der Waals surface area contributed by atoms with Gasteiger partial charge in [-0.3, -0.25) is 4.99 Å². The number of amidine groups is 1. The van der Waals surface area contributed by atoms with Crippen LogP contribution in [-0.2, 0) is 13.0 Å². The fourth-order valence-electron chi connectivity index (χ4n) is 4.48. The molecule has 0 amide bonds. The molecule has 3 nitrogen and oxygen atoms in total. The van der Waals surface area contributed by atoms with E-state index in [1.807, 2.05) is 18.2 Å². The third-order valence-corrected chi connectivity index (χ3v) is 6.25. The van der Waals surface area contributed by atoms with Crippen LogP contribution in [0.15, 0.2) is 47.5 Å². The topological polar surface area (TPSA) is 27.6 Å². The van der Waals surface area contributed by atoms with Crippen molar-refractivity contribution in [1.29, 1.82) is 0 Å². The molecule has 2 aliphatic rings. The Bertz CT molecular complexity index is 850. The van der Waals surface area contributed by atoms with Crippen molar-refractivity contribution in [3.05, 3.63) is 58.6 Å². The number of benzene rings is 2. The van der Waals surface area contributed by atoms with Gasteiger partial charge in [0.25, 0.3) is 0 Å². The highest BCUT2D eigenvalue weighted by Gasteiger charge is 2.41. The van der Waals surface area contributed by atoms with Crippen molar-refractivity contribution in [3.8, 4) is 0 Å². The summed E-state index contributed by atoms with van der Waals surface area (Å²) in [6, 6.07) is 14.8. The van der Waals surface area contributed by atoms with E-state index in [4.69, 9.17) is 16.6 Å². The average Bonchev–Trinajstić information content (AvgIpc) is 2.66. The molecule has 4 rings (SSSR count). The van der Waals surface area contributed by atoms with E-state index in [-0.39, 0.29) is 5.41 Å². The van der Waals surface area contributed by atoms with Crippen molar-refractivity contribution in [2.45, 2.75) is 45.1 Å². The zero-order chi connectivity index (χ0) is 18.9. The molecule has 0 aromatic heterocycles. The highest BCUT2D eigenvalue weighted by molar-refractivity contribution is 6.30. The highest BCUT2D eigenvalue weighted by Crippen LogP contribution is 2.45. The molecule has 2 aromatic carbocycles. The molecule has 1 N–H and O–H groups in total. The van der Waals surface area contributed by atoms with Crippen LogP contribution >= 0.6 is 11.6 Å². The minimum Gasteiger partial charge on any atom is -0.378 e. The normalized spacial score (nSPS) is 19.6. The van der Waals surface area contributed by atoms with Gasteiger partial charge in [-0.2, -0.15) is 0 Å². The molecule has 1 aliphatic heterocycles. The van der Waals surface area contributed by atoms with Crippen molar-refractivity contribution in [2.75, 3.05) is 24.3 Å². The van der Waals surface area contributed by atoms with Crippen LogP contribution in [0, 0.1) is 5.41 Å². The number of rotatable bonds is 3. The fraction of sp³-hybridized carbons (Fsp3) is 0.435. The van der Waals surface area contributed by atoms with E-state index >= 15 is 0 Å². The molecule has 4 heteroatoms. The molecule has 1 spiro atoms. The Hall–Kier alpha value is -2.00. The number of fused-ring (bicyclic) bond motifs is 1. The molecular weight excluding hydrogens is 354 g/mol. The molecule has 0 atom stereocenters. The van der Waals surface area contributed by atoms with Gasteiger partial charge in [0.15, 0.2) is 0 Å². The molecule has 1 fully saturated rings. The van der Waals surface area contributed by atoms with Crippen LogP contribution in [0.3, 0.4) is 0 Å². The molecule has 1 saturated carbocycles. The highest BCUT2D eigenvalue weighted by atomic mass is 35.5. The Morgan fingerprint density at radius 1 is 1.07 bits per heavy atom. The molecule has 0 bridgehead atoms. The summed E-state index contributed by atoms with van der Waals surface area (Å²) in [7, 11) is 4.17. The molecule has 1 heterocycles. The number of halogens is 1. The second-order valence-corrected chi connectivity index (χ2v) is 8.61. The number of aliphatic imine (C=N–C) groups is 1. The summed E-state index contributed by atoms with van der Waals surface area (Å²) < 4.78 is 0. The van der Waals surface area contributed by atoms with Gasteiger partial charge in [-0.05, 0) is 54.7 Å². The maximum atomic E-state index is 6.15. The number of nitrogens with zero attached hydrogens (tertiary/aromatic N) is 2. The average molecular weight is 382 g/mol. The molecular formula is C23H28ClN3. The second kappa shape index (κ2) is 7.55. The van der Waals surface area contributed by atoms with E-state index < -0.39 is 0 Å². The van der Waals surface area contributed by atoms with Crippen molar-refractivity contribution >= 4 is 28.8 Å². The lowest BCUT2D eigenvalue weighted by Gasteiger charge is -2.43. The van der Waals surface area contributed by atoms with Crippen LogP contribution in [0.1, 0.15) is 43.2 Å². The van der Waals surface area contributed by atoms with Gasteiger partial charge in [-0.15, -0.1) is 0 Å². The van der Waals surface area contributed by atoms with Crippen molar-refractivity contribution in [2.24, 2.45) is 10.4 Å². The lowest BCUT2D eigenvalue weighted by molar-refractivity contribution is 0.278. The summed E-state index contributed by atoms with van der Waals surface area (Å²) in [5.41, 5.74) is 5.18. The van der Waals surface area contributed by atoms with Gasteiger partial charge in [0.1, 0.15) is 5.84 Å². The van der Waals surface area contributed by atoms with Crippen molar-refractivity contribution in [3.63, 3.8) is 0 Å². The number of anilines is 2. The first-order valence-electron chi connectivity index (χ1n) is 9.92. The van der Waals surface area contributed by atoms with E-state index in [9.17, 15) is 0 Å². The van der Waals surface area contributed by atoms with E-state index in [1.165, 1.54) is 54.9 Å². The predicted molar refractivity (Wildman–Crippen MR) is 116 cm³/mol. The minimum atomic E-state index is 0.170. The first kappa shape index (κ1) is 18.4. The van der Waals surface area contributed by atoms with Crippen molar-refractivity contribution < 1.29 is 0 Å². The molecule has 0 unspecified atom stereocenters. The van der Waals surface area contributed by atoms with Crippen LogP contribution in [0.25, 0.3) is 0 Å². The van der Waals surface area contributed by atoms with Gasteiger partial charge in [-0.1, -0.05) is 49.1 Å². The summed E-state index contributed by atoms with van der Waals surface area (Å²) >= 11 is 6.15. The zero-order valence-electron chi connectivity index (χ0n) is 16.3. The SMILES string of the molecule is CN(C)c1ccc2c(c1)NC(=NCc1cccc(Cl)c1)C1(CCCCC1)C2. The quantitative estimate of drug-likeness (QED) is 0.714. The Balaban J connectivity index is 1.68. The van der Waals surface area contributed by atoms with Crippen LogP contribution in [-0.4, -0.2) is 19.9 Å². The summed E-state index contributed by atoms with van der Waals surface area (Å²) in [5.74, 6) is 1.17. The predicted octanol–water partition coefficient (Wildman–Crippen LogP) is 5.92. The van der Waals surface area contributed by atoms with Crippen LogP contribution in [0.2, 0.25) is 5.02 Å². The van der Waals surface area contributed by atoms with Crippen LogP contribution in [0.4, 0.5) is 11.4 Å². The lowest BCUT2D eigenvalue weighted by atomic mass is 9.67. The van der Waals surface area contributed by atoms with Crippen molar-refractivity contribution in [1.82, 2.24) is 0 Å². The Labute approximate surface area is 167 Å². The second-order valence-electron chi connectivity index (χ2n) is 8.17. The third-order valence-electron chi connectivity index (χ3n) is 6.01. The number of hydrogen-bond acceptors (Lipinski definition) is 2. The zero-order valence-corrected chi connectivity index (χ0v) is 17.0. The molecule has 0 saturated heterocycles. The van der Waals surface area contributed by atoms with Crippen LogP contribution in [0.5, 0.6) is 0 Å². The number of nitrogens with one attached hydrogen (secondary N) is 1. The Kier molecular flexibility index (Phi) is 5.14. The fourth-order valence-corrected chi connectivity index (χ4v) is 4.69. The molecule has 27 heavy (non-hydrogen) atoms. The summed E-state index contributed by atoms with van der Waals surface area (Å²) in [6.45, 7) is 0.674. The first-order valence-corrected chi connectivity index (χ1v) is 10.3. The standard InChI is InChI=1S/C23H28ClN3/c1-27(2)20-10-9-18-15-23(11-4-3-5-12-23)22(26-21(18)14-20)25-16-17-7-6-8-19(24)13-17/h6-10,13-14H,3-5,11-12,15-16H2,1-2H3,(H,25,26). The van der Waals surface area contributed by atoms with E-state index in [0.29, 0.717) is 6.54 Å². The van der Waals surface area contributed by atoms with Gasteiger partial charge < -0.3 is 10.2 Å². The van der Waals surface area contributed by atoms with Gasteiger partial charge in [0.05, 0.1) is 6.54 Å². The number of hydrogen-bond donors (Lipinski definition) is 1. The van der Waals surface area contributed by atoms with Gasteiger partial charge in [0, 0.05) is 35.9 Å². The van der Waals surface area contributed by atoms with Gasteiger partial charge in [0.2, 0.25) is 0 Å². The Morgan fingerprint density at radius 3 is 2.63 bits per heavy atom. The lowest BCUT2D eigenvalue weighted by Crippen LogP contribution is -2.43. The molecule has 1 aliphatic carbocycles. The van der Waals surface area contributed by atoms with Gasteiger partial charge in [-0.25, -0.2) is 0 Å². The molecule has 0 radical (unpaired) electrons.